The summed E-state index contributed by atoms with van der Waals surface area (Å²) >= 11 is 2.10. The third kappa shape index (κ3) is 2.05. The van der Waals surface area contributed by atoms with Gasteiger partial charge in [0.05, 0.1) is 6.10 Å². The number of hydrogen-bond acceptors (Lipinski definition) is 1. The molecule has 6 unspecified atom stereocenters. The minimum Gasteiger partial charge on any atom is -0.312 e. The fourth-order valence-electron chi connectivity index (χ4n) is 6.61. The summed E-state index contributed by atoms with van der Waals surface area (Å²) in [4.78, 5) is 0. The Labute approximate surface area is 149 Å². The highest BCUT2D eigenvalue weighted by Gasteiger charge is 2.56. The molecule has 0 heterocycles. The van der Waals surface area contributed by atoms with E-state index in [9.17, 15) is 0 Å². The second kappa shape index (κ2) is 5.34. The van der Waals surface area contributed by atoms with E-state index in [1.807, 2.05) is 0 Å². The molecule has 3 fully saturated rings. The van der Waals surface area contributed by atoms with Gasteiger partial charge in [-0.3, -0.25) is 0 Å². The summed E-state index contributed by atoms with van der Waals surface area (Å²) in [6.07, 6.45) is 13.6. The lowest BCUT2D eigenvalue weighted by Crippen LogP contribution is -2.49. The zero-order valence-corrected chi connectivity index (χ0v) is 16.2. The van der Waals surface area contributed by atoms with Crippen molar-refractivity contribution in [3.8, 4) is 0 Å². The van der Waals surface area contributed by atoms with Gasteiger partial charge >= 0.3 is 0 Å². The van der Waals surface area contributed by atoms with E-state index < -0.39 is 0 Å². The normalized spacial score (nSPS) is 50.9. The van der Waals surface area contributed by atoms with Crippen molar-refractivity contribution >= 4 is 23.0 Å². The molecule has 0 saturated heterocycles. The van der Waals surface area contributed by atoms with Gasteiger partial charge in [0, 0.05) is 0 Å². The van der Waals surface area contributed by atoms with Crippen molar-refractivity contribution in [3.63, 3.8) is 0 Å². The maximum absolute atomic E-state index is 5.64. The molecule has 4 aliphatic carbocycles. The van der Waals surface area contributed by atoms with E-state index in [0.717, 1.165) is 17.8 Å². The quantitative estimate of drug-likeness (QED) is 0.366. The molecule has 2 heteroatoms. The summed E-state index contributed by atoms with van der Waals surface area (Å²) in [7, 11) is 0. The number of rotatable bonds is 1. The number of allylic oxidation sites excluding steroid dienone is 2. The topological polar surface area (TPSA) is 9.23 Å². The Balaban J connectivity index is 1.66. The summed E-state index contributed by atoms with van der Waals surface area (Å²) < 4.78 is 5.64. The molecule has 6 atom stereocenters. The van der Waals surface area contributed by atoms with Crippen molar-refractivity contribution < 1.29 is 3.07 Å². The molecule has 0 spiro atoms. The third-order valence-electron chi connectivity index (χ3n) is 8.14. The highest BCUT2D eigenvalue weighted by molar-refractivity contribution is 14.1. The second-order valence-corrected chi connectivity index (χ2v) is 9.32. The SMILES string of the molecule is C=C1CCC2C3CC=C4CC(OI)CCC4(C)C3CCC12C. The fourth-order valence-corrected chi connectivity index (χ4v) is 7.04. The average Bonchev–Trinajstić information content (AvgIpc) is 2.82. The Hall–Kier alpha value is 0.170. The third-order valence-corrected chi connectivity index (χ3v) is 8.86. The van der Waals surface area contributed by atoms with Crippen molar-refractivity contribution in [2.45, 2.75) is 71.3 Å². The number of fused-ring (bicyclic) bond motifs is 5. The van der Waals surface area contributed by atoms with Gasteiger partial charge in [-0.15, -0.1) is 0 Å². The molecule has 0 aliphatic heterocycles. The van der Waals surface area contributed by atoms with Gasteiger partial charge in [0.1, 0.15) is 23.0 Å². The Bertz CT molecular complexity index is 524. The van der Waals surface area contributed by atoms with Gasteiger partial charge in [-0.25, -0.2) is 0 Å². The lowest BCUT2D eigenvalue weighted by Gasteiger charge is -2.57. The van der Waals surface area contributed by atoms with Crippen molar-refractivity contribution in [1.29, 1.82) is 0 Å². The average molecular weight is 412 g/mol. The van der Waals surface area contributed by atoms with E-state index in [1.165, 1.54) is 51.4 Å². The van der Waals surface area contributed by atoms with E-state index >= 15 is 0 Å². The molecular formula is C20H29IO. The zero-order valence-electron chi connectivity index (χ0n) is 14.0. The molecule has 0 radical (unpaired) electrons. The van der Waals surface area contributed by atoms with Crippen LogP contribution >= 0.6 is 23.0 Å². The molecule has 3 saturated carbocycles. The Kier molecular flexibility index (Phi) is 3.80. The van der Waals surface area contributed by atoms with Crippen LogP contribution in [-0.2, 0) is 3.07 Å². The molecule has 4 aliphatic rings. The van der Waals surface area contributed by atoms with E-state index in [2.05, 4.69) is 49.5 Å². The smallest absolute Gasteiger partial charge is 0.110 e. The summed E-state index contributed by atoms with van der Waals surface area (Å²) in [5, 5.41) is 0. The van der Waals surface area contributed by atoms with Crippen molar-refractivity contribution in [3.05, 3.63) is 23.8 Å². The van der Waals surface area contributed by atoms with Crippen molar-refractivity contribution in [2.75, 3.05) is 0 Å². The predicted molar refractivity (Wildman–Crippen MR) is 99.7 cm³/mol. The van der Waals surface area contributed by atoms with Crippen LogP contribution in [0, 0.1) is 28.6 Å². The molecule has 122 valence electrons. The molecule has 0 aromatic rings. The molecular weight excluding hydrogens is 383 g/mol. The molecule has 0 aromatic heterocycles. The van der Waals surface area contributed by atoms with Crippen LogP contribution in [-0.4, -0.2) is 6.10 Å². The molecule has 0 N–H and O–H groups in total. The molecule has 22 heavy (non-hydrogen) atoms. The first kappa shape index (κ1) is 15.7. The van der Waals surface area contributed by atoms with Gasteiger partial charge < -0.3 is 3.07 Å². The Morgan fingerprint density at radius 1 is 1.14 bits per heavy atom. The largest absolute Gasteiger partial charge is 0.312 e. The monoisotopic (exact) mass is 412 g/mol. The van der Waals surface area contributed by atoms with Crippen molar-refractivity contribution in [1.82, 2.24) is 0 Å². The zero-order chi connectivity index (χ0) is 15.5. The summed E-state index contributed by atoms with van der Waals surface area (Å²) in [5.41, 5.74) is 4.19. The molecule has 4 rings (SSSR count). The summed E-state index contributed by atoms with van der Waals surface area (Å²) in [5.74, 6) is 2.71. The van der Waals surface area contributed by atoms with E-state index in [4.69, 9.17) is 3.07 Å². The maximum atomic E-state index is 5.64. The first-order valence-corrected chi connectivity index (χ1v) is 10.0. The second-order valence-electron chi connectivity index (χ2n) is 8.81. The Morgan fingerprint density at radius 2 is 1.86 bits per heavy atom. The highest BCUT2D eigenvalue weighted by atomic mass is 127. The lowest BCUT2D eigenvalue weighted by atomic mass is 9.48. The van der Waals surface area contributed by atoms with Gasteiger partial charge in [0.15, 0.2) is 0 Å². The van der Waals surface area contributed by atoms with E-state index in [0.29, 0.717) is 16.9 Å². The van der Waals surface area contributed by atoms with Gasteiger partial charge in [-0.2, -0.15) is 0 Å². The number of hydrogen-bond donors (Lipinski definition) is 0. The lowest BCUT2D eigenvalue weighted by molar-refractivity contribution is -0.0213. The van der Waals surface area contributed by atoms with Crippen LogP contribution in [0.1, 0.15) is 65.2 Å². The summed E-state index contributed by atoms with van der Waals surface area (Å²) in [6.45, 7) is 9.53. The molecule has 0 aromatic carbocycles. The van der Waals surface area contributed by atoms with Crippen molar-refractivity contribution in [2.24, 2.45) is 28.6 Å². The predicted octanol–water partition coefficient (Wildman–Crippen LogP) is 6.24. The van der Waals surface area contributed by atoms with Crippen LogP contribution in [0.5, 0.6) is 0 Å². The van der Waals surface area contributed by atoms with Crippen LogP contribution in [0.25, 0.3) is 0 Å². The highest BCUT2D eigenvalue weighted by Crippen LogP contribution is 2.65. The van der Waals surface area contributed by atoms with Gasteiger partial charge in [-0.1, -0.05) is 37.6 Å². The first-order chi connectivity index (χ1) is 10.5. The Morgan fingerprint density at radius 3 is 2.64 bits per heavy atom. The minimum atomic E-state index is 0.450. The van der Waals surface area contributed by atoms with Gasteiger partial charge in [-0.05, 0) is 80.0 Å². The van der Waals surface area contributed by atoms with Gasteiger partial charge in [0.2, 0.25) is 0 Å². The first-order valence-electron chi connectivity index (χ1n) is 9.14. The number of halogens is 1. The van der Waals surface area contributed by atoms with Crippen LogP contribution in [0.4, 0.5) is 0 Å². The van der Waals surface area contributed by atoms with Crippen LogP contribution in [0.3, 0.4) is 0 Å². The minimum absolute atomic E-state index is 0.450. The van der Waals surface area contributed by atoms with Crippen LogP contribution < -0.4 is 0 Å². The summed E-state index contributed by atoms with van der Waals surface area (Å²) in [6, 6.07) is 0. The van der Waals surface area contributed by atoms with Gasteiger partial charge in [0.25, 0.3) is 0 Å². The fraction of sp³-hybridized carbons (Fsp3) is 0.800. The van der Waals surface area contributed by atoms with Crippen LogP contribution in [0.2, 0.25) is 0 Å². The van der Waals surface area contributed by atoms with E-state index in [-0.39, 0.29) is 0 Å². The standard InChI is InChI=1S/C20H29IO/c1-13-4-7-17-16-6-5-14-12-15(22-21)8-10-20(14,3)18(16)9-11-19(13,17)2/h5,15-18H,1,4,6-12H2,2-3H3. The molecule has 1 nitrogen and oxygen atoms in total. The van der Waals surface area contributed by atoms with E-state index in [1.54, 1.807) is 11.1 Å². The van der Waals surface area contributed by atoms with Crippen LogP contribution in [0.15, 0.2) is 23.8 Å². The molecule has 0 bridgehead atoms. The maximum Gasteiger partial charge on any atom is 0.110 e. The molecule has 0 amide bonds.